The van der Waals surface area contributed by atoms with Crippen LogP contribution in [0.1, 0.15) is 29.7 Å². The van der Waals surface area contributed by atoms with Crippen molar-refractivity contribution in [3.63, 3.8) is 0 Å². The highest BCUT2D eigenvalue weighted by Crippen LogP contribution is 2.47. The normalized spacial score (nSPS) is 25.0. The van der Waals surface area contributed by atoms with Crippen LogP contribution in [0.4, 0.5) is 29.5 Å². The van der Waals surface area contributed by atoms with Gasteiger partial charge in [-0.15, -0.1) is 0 Å². The number of nitrogens with one attached hydrogen (secondary N) is 2. The van der Waals surface area contributed by atoms with E-state index < -0.39 is 48.1 Å². The first-order valence-electron chi connectivity index (χ1n) is 12.6. The van der Waals surface area contributed by atoms with Crippen molar-refractivity contribution in [2.45, 2.75) is 42.8 Å². The molecule has 0 radical (unpaired) electrons. The first kappa shape index (κ1) is 25.7. The van der Waals surface area contributed by atoms with Gasteiger partial charge in [0.25, 0.3) is 5.91 Å². The lowest BCUT2D eigenvalue weighted by atomic mass is 9.80. The largest absolute Gasteiger partial charge is 0.406 e. The van der Waals surface area contributed by atoms with Crippen molar-refractivity contribution in [2.75, 3.05) is 23.7 Å². The maximum absolute atomic E-state index is 13.2. The summed E-state index contributed by atoms with van der Waals surface area (Å²) in [5, 5.41) is 5.45. The number of aromatic nitrogens is 2. The van der Waals surface area contributed by atoms with E-state index in [0.29, 0.717) is 30.8 Å². The van der Waals surface area contributed by atoms with Gasteiger partial charge in [0.15, 0.2) is 0 Å². The molecule has 206 valence electrons. The lowest BCUT2D eigenvalue weighted by Crippen LogP contribution is -2.51. The third kappa shape index (κ3) is 3.71. The third-order valence-electron chi connectivity index (χ3n) is 8.02. The zero-order chi connectivity index (χ0) is 28.4. The molecule has 0 aromatic carbocycles. The third-order valence-corrected chi connectivity index (χ3v) is 8.02. The fourth-order valence-corrected chi connectivity index (χ4v) is 6.31. The van der Waals surface area contributed by atoms with E-state index in [9.17, 15) is 32.3 Å². The molecule has 2 N–H and O–H groups in total. The molecule has 40 heavy (non-hydrogen) atoms. The zero-order valence-electron chi connectivity index (χ0n) is 21.0. The number of rotatable bonds is 5. The van der Waals surface area contributed by atoms with E-state index in [1.165, 1.54) is 12.3 Å². The summed E-state index contributed by atoms with van der Waals surface area (Å²) in [6.07, 6.45) is 2.24. The minimum Gasteiger partial charge on any atom is -0.323 e. The van der Waals surface area contributed by atoms with Gasteiger partial charge in [0.1, 0.15) is 24.4 Å². The van der Waals surface area contributed by atoms with E-state index in [2.05, 4.69) is 27.2 Å². The van der Waals surface area contributed by atoms with Crippen LogP contribution in [0.5, 0.6) is 0 Å². The number of nitrogens with zero attached hydrogens (tertiary/aromatic N) is 4. The Bertz CT molecular complexity index is 1540. The highest BCUT2D eigenvalue weighted by molar-refractivity contribution is 6.11. The average molecular weight is 553 g/mol. The van der Waals surface area contributed by atoms with Crippen molar-refractivity contribution in [3.8, 4) is 0 Å². The summed E-state index contributed by atoms with van der Waals surface area (Å²) in [4.78, 5) is 62.0. The average Bonchev–Trinajstić information content (AvgIpc) is 3.62. The monoisotopic (exact) mass is 552 g/mol. The maximum atomic E-state index is 13.2. The summed E-state index contributed by atoms with van der Waals surface area (Å²) in [7, 11) is 0. The first-order valence-corrected chi connectivity index (χ1v) is 12.6. The summed E-state index contributed by atoms with van der Waals surface area (Å²) in [6.45, 7) is 1.23. The molecule has 2 spiro atoms. The molecule has 4 heterocycles. The van der Waals surface area contributed by atoms with Crippen LogP contribution < -0.4 is 10.6 Å². The fourth-order valence-electron chi connectivity index (χ4n) is 6.31. The Kier molecular flexibility index (Phi) is 5.61. The van der Waals surface area contributed by atoms with Crippen LogP contribution in [-0.4, -0.2) is 68.3 Å². The molecule has 6 rings (SSSR count). The SMILES string of the molecule is C=CC1=CCCC12C(=O)N(CC(F)(F)F)C(=O)N2CC(=O)Nc1cnc2c(c1)CC1(C2)C(=O)Nc2ncccc21. The Labute approximate surface area is 225 Å². The Morgan fingerprint density at radius 1 is 1.23 bits per heavy atom. The number of imide groups is 1. The van der Waals surface area contributed by atoms with Crippen LogP contribution >= 0.6 is 0 Å². The molecule has 2 aromatic heterocycles. The van der Waals surface area contributed by atoms with Gasteiger partial charge in [0.2, 0.25) is 11.8 Å². The lowest BCUT2D eigenvalue weighted by Gasteiger charge is -2.32. The minimum atomic E-state index is -4.80. The molecule has 5 amide bonds. The van der Waals surface area contributed by atoms with Crippen LogP contribution in [0.25, 0.3) is 0 Å². The smallest absolute Gasteiger partial charge is 0.323 e. The predicted molar refractivity (Wildman–Crippen MR) is 135 cm³/mol. The molecule has 0 bridgehead atoms. The molecule has 2 unspecified atom stereocenters. The molecular formula is C27H23F3N6O4. The van der Waals surface area contributed by atoms with Gasteiger partial charge in [-0.25, -0.2) is 9.78 Å². The van der Waals surface area contributed by atoms with Crippen molar-refractivity contribution in [1.29, 1.82) is 0 Å². The predicted octanol–water partition coefficient (Wildman–Crippen LogP) is 2.88. The van der Waals surface area contributed by atoms with Crippen molar-refractivity contribution in [3.05, 3.63) is 71.7 Å². The van der Waals surface area contributed by atoms with Crippen LogP contribution in [0.2, 0.25) is 0 Å². The van der Waals surface area contributed by atoms with Gasteiger partial charge in [-0.05, 0) is 42.5 Å². The van der Waals surface area contributed by atoms with E-state index in [0.717, 1.165) is 16.0 Å². The van der Waals surface area contributed by atoms with Gasteiger partial charge in [-0.3, -0.25) is 29.2 Å². The first-order chi connectivity index (χ1) is 19.0. The van der Waals surface area contributed by atoms with Crippen molar-refractivity contribution in [1.82, 2.24) is 19.8 Å². The van der Waals surface area contributed by atoms with Gasteiger partial charge in [-0.1, -0.05) is 24.8 Å². The molecule has 2 aliphatic carbocycles. The Balaban J connectivity index is 1.23. The minimum absolute atomic E-state index is 0.0431. The van der Waals surface area contributed by atoms with E-state index in [1.807, 2.05) is 6.07 Å². The zero-order valence-corrected chi connectivity index (χ0v) is 21.0. The number of allylic oxidation sites excluding steroid dienone is 1. The number of amides is 5. The second-order valence-electron chi connectivity index (χ2n) is 10.3. The van der Waals surface area contributed by atoms with Crippen LogP contribution in [-0.2, 0) is 32.6 Å². The number of halogens is 3. The summed E-state index contributed by atoms with van der Waals surface area (Å²) in [5.41, 5.74) is 0.219. The molecular weight excluding hydrogens is 529 g/mol. The van der Waals surface area contributed by atoms with Crippen LogP contribution in [0, 0.1) is 0 Å². The van der Waals surface area contributed by atoms with Crippen molar-refractivity contribution >= 4 is 35.3 Å². The molecule has 13 heteroatoms. The molecule has 4 aliphatic rings. The highest BCUT2D eigenvalue weighted by Gasteiger charge is 2.61. The number of carbonyl (C=O) groups is 4. The van der Waals surface area contributed by atoms with Gasteiger partial charge < -0.3 is 10.6 Å². The van der Waals surface area contributed by atoms with E-state index in [-0.39, 0.29) is 28.5 Å². The van der Waals surface area contributed by atoms with Gasteiger partial charge in [-0.2, -0.15) is 13.2 Å². The van der Waals surface area contributed by atoms with Gasteiger partial charge in [0, 0.05) is 23.9 Å². The quantitative estimate of drug-likeness (QED) is 0.550. The second kappa shape index (κ2) is 8.73. The van der Waals surface area contributed by atoms with Crippen molar-refractivity contribution in [2.24, 2.45) is 0 Å². The van der Waals surface area contributed by atoms with E-state index >= 15 is 0 Å². The number of carbonyl (C=O) groups excluding carboxylic acids is 4. The summed E-state index contributed by atoms with van der Waals surface area (Å²) in [5.74, 6) is -1.42. The van der Waals surface area contributed by atoms with Gasteiger partial charge in [0.05, 0.1) is 17.3 Å². The summed E-state index contributed by atoms with van der Waals surface area (Å²) >= 11 is 0. The number of hydrogen-bond acceptors (Lipinski definition) is 6. The summed E-state index contributed by atoms with van der Waals surface area (Å²) in [6, 6.07) is 4.09. The molecule has 2 atom stereocenters. The highest BCUT2D eigenvalue weighted by atomic mass is 19.4. The number of urea groups is 1. The topological polar surface area (TPSA) is 125 Å². The summed E-state index contributed by atoms with van der Waals surface area (Å²) < 4.78 is 39.6. The molecule has 10 nitrogen and oxygen atoms in total. The molecule has 1 fully saturated rings. The number of anilines is 2. The Morgan fingerprint density at radius 3 is 2.77 bits per heavy atom. The van der Waals surface area contributed by atoms with Gasteiger partial charge >= 0.3 is 12.2 Å². The number of pyridine rings is 2. The lowest BCUT2D eigenvalue weighted by molar-refractivity contribution is -0.154. The Morgan fingerprint density at radius 2 is 2.02 bits per heavy atom. The maximum Gasteiger partial charge on any atom is 0.406 e. The number of hydrogen-bond donors (Lipinski definition) is 2. The Hall–Kier alpha value is -4.55. The molecule has 1 saturated heterocycles. The second-order valence-corrected chi connectivity index (χ2v) is 10.3. The standard InChI is InChI=1S/C27H23F3N6O4/c1-2-16-5-3-7-26(16)23(39)35(14-27(28,29)30)24(40)36(26)13-20(37)33-17-9-15-10-25(11-19(15)32-12-17)18-6-4-8-31-21(18)34-22(25)38/h2,4-6,8-9,12H,1,3,7,10-11,13-14H2,(H,33,37)(H,31,34,38). The number of fused-ring (bicyclic) bond motifs is 3. The van der Waals surface area contributed by atoms with E-state index in [1.54, 1.807) is 24.4 Å². The molecule has 2 aromatic rings. The van der Waals surface area contributed by atoms with Crippen LogP contribution in [0.3, 0.4) is 0 Å². The van der Waals surface area contributed by atoms with E-state index in [4.69, 9.17) is 0 Å². The molecule has 2 aliphatic heterocycles. The molecule has 0 saturated carbocycles. The van der Waals surface area contributed by atoms with Crippen molar-refractivity contribution < 1.29 is 32.3 Å². The fraction of sp³-hybridized carbons (Fsp3) is 0.333. The number of alkyl halides is 3. The van der Waals surface area contributed by atoms with Crippen LogP contribution in [0.15, 0.2) is 54.9 Å².